The van der Waals surface area contributed by atoms with Gasteiger partial charge < -0.3 is 4.74 Å². The summed E-state index contributed by atoms with van der Waals surface area (Å²) in [5.74, 6) is -3.55. The predicted molar refractivity (Wildman–Crippen MR) is 61.6 cm³/mol. The molecule has 0 fully saturated rings. The summed E-state index contributed by atoms with van der Waals surface area (Å²) in [5.41, 5.74) is -0.421. The van der Waals surface area contributed by atoms with Crippen LogP contribution in [0, 0.1) is 11.6 Å². The Balaban J connectivity index is 2.78. The lowest BCUT2D eigenvalue weighted by molar-refractivity contribution is -0.142. The van der Waals surface area contributed by atoms with Gasteiger partial charge in [-0.1, -0.05) is 18.5 Å². The first-order chi connectivity index (χ1) is 8.45. The molecule has 0 N–H and O–H groups in total. The zero-order valence-electron chi connectivity index (χ0n) is 9.63. The first-order valence-corrected chi connectivity index (χ1v) is 5.66. The third kappa shape index (κ3) is 3.77. The van der Waals surface area contributed by atoms with Crippen LogP contribution in [0.4, 0.5) is 8.78 Å². The van der Waals surface area contributed by atoms with Crippen molar-refractivity contribution in [2.45, 2.75) is 19.8 Å². The van der Waals surface area contributed by atoms with Crippen LogP contribution in [0.5, 0.6) is 0 Å². The minimum atomic E-state index is -1.05. The number of carbonyl (C=O) groups is 2. The van der Waals surface area contributed by atoms with Gasteiger partial charge in [-0.25, -0.2) is 8.78 Å². The highest BCUT2D eigenvalue weighted by Gasteiger charge is 2.18. The fraction of sp³-hybridized carbons (Fsp3) is 0.333. The van der Waals surface area contributed by atoms with Crippen LogP contribution in [0.2, 0.25) is 5.02 Å². The van der Waals surface area contributed by atoms with Crippen molar-refractivity contribution >= 4 is 23.4 Å². The van der Waals surface area contributed by atoms with E-state index in [0.29, 0.717) is 12.5 Å². The summed E-state index contributed by atoms with van der Waals surface area (Å²) < 4.78 is 30.9. The van der Waals surface area contributed by atoms with Crippen molar-refractivity contribution in [1.29, 1.82) is 0 Å². The van der Waals surface area contributed by atoms with Crippen LogP contribution >= 0.6 is 11.6 Å². The van der Waals surface area contributed by atoms with Gasteiger partial charge in [0.2, 0.25) is 0 Å². The van der Waals surface area contributed by atoms with Crippen molar-refractivity contribution in [3.05, 3.63) is 34.4 Å². The van der Waals surface area contributed by atoms with Crippen molar-refractivity contribution in [1.82, 2.24) is 0 Å². The molecule has 0 amide bonds. The van der Waals surface area contributed by atoms with Crippen LogP contribution in [0.3, 0.4) is 0 Å². The van der Waals surface area contributed by atoms with Crippen LogP contribution in [0.1, 0.15) is 30.1 Å². The van der Waals surface area contributed by atoms with E-state index in [4.69, 9.17) is 11.6 Å². The molecule has 6 heteroatoms. The Kier molecular flexibility index (Phi) is 5.22. The Labute approximate surface area is 108 Å². The molecule has 98 valence electrons. The van der Waals surface area contributed by atoms with Gasteiger partial charge in [0.05, 0.1) is 17.2 Å². The van der Waals surface area contributed by atoms with E-state index in [1.807, 2.05) is 0 Å². The summed E-state index contributed by atoms with van der Waals surface area (Å²) >= 11 is 5.44. The molecule has 0 aliphatic heterocycles. The monoisotopic (exact) mass is 276 g/mol. The Morgan fingerprint density at radius 3 is 2.56 bits per heavy atom. The molecule has 0 spiro atoms. The van der Waals surface area contributed by atoms with Gasteiger partial charge in [-0.2, -0.15) is 0 Å². The van der Waals surface area contributed by atoms with Gasteiger partial charge in [0.25, 0.3) is 0 Å². The lowest BCUT2D eigenvalue weighted by Crippen LogP contribution is -2.13. The molecule has 1 aromatic rings. The van der Waals surface area contributed by atoms with E-state index in [1.165, 1.54) is 0 Å². The molecule has 0 aromatic heterocycles. The molecule has 0 aliphatic carbocycles. The minimum absolute atomic E-state index is 0.193. The Morgan fingerprint density at radius 1 is 1.28 bits per heavy atom. The number of hydrogen-bond acceptors (Lipinski definition) is 3. The second kappa shape index (κ2) is 6.44. The molecule has 3 nitrogen and oxygen atoms in total. The zero-order valence-corrected chi connectivity index (χ0v) is 10.4. The SMILES string of the molecule is CCCOC(=O)CC(=O)c1cc(Cl)c(F)cc1F. The lowest BCUT2D eigenvalue weighted by atomic mass is 10.1. The Hall–Kier alpha value is -1.49. The molecule has 1 rings (SSSR count). The van der Waals surface area contributed by atoms with Gasteiger partial charge >= 0.3 is 5.97 Å². The maximum Gasteiger partial charge on any atom is 0.313 e. The molecular formula is C12H11ClF2O3. The summed E-state index contributed by atoms with van der Waals surface area (Å²) in [6.07, 6.45) is 0.0234. The van der Waals surface area contributed by atoms with Gasteiger partial charge in [0, 0.05) is 6.07 Å². The Morgan fingerprint density at radius 2 is 1.94 bits per heavy atom. The molecule has 1 aromatic carbocycles. The Bertz CT molecular complexity index is 475. The van der Waals surface area contributed by atoms with E-state index in [1.54, 1.807) is 6.92 Å². The number of esters is 1. The van der Waals surface area contributed by atoms with Crippen molar-refractivity contribution in [2.24, 2.45) is 0 Å². The number of benzene rings is 1. The number of ether oxygens (including phenoxy) is 1. The summed E-state index contributed by atoms with van der Waals surface area (Å²) in [7, 11) is 0. The van der Waals surface area contributed by atoms with E-state index >= 15 is 0 Å². The predicted octanol–water partition coefficient (Wildman–Crippen LogP) is 3.14. The standard InChI is InChI=1S/C12H11ClF2O3/c1-2-3-18-12(17)6-11(16)7-4-8(13)10(15)5-9(7)14/h4-5H,2-3,6H2,1H3. The molecule has 0 radical (unpaired) electrons. The van der Waals surface area contributed by atoms with Crippen LogP contribution in [-0.4, -0.2) is 18.4 Å². The van der Waals surface area contributed by atoms with Gasteiger partial charge in [0.15, 0.2) is 5.78 Å². The molecule has 18 heavy (non-hydrogen) atoms. The fourth-order valence-corrected chi connectivity index (χ4v) is 1.39. The van der Waals surface area contributed by atoms with Crippen LogP contribution in [-0.2, 0) is 9.53 Å². The van der Waals surface area contributed by atoms with E-state index < -0.39 is 35.4 Å². The minimum Gasteiger partial charge on any atom is -0.465 e. The number of carbonyl (C=O) groups excluding carboxylic acids is 2. The van der Waals surface area contributed by atoms with Crippen LogP contribution in [0.25, 0.3) is 0 Å². The largest absolute Gasteiger partial charge is 0.465 e. The molecule has 0 atom stereocenters. The third-order valence-corrected chi connectivity index (χ3v) is 2.37. The molecule has 0 unspecified atom stereocenters. The van der Waals surface area contributed by atoms with Gasteiger partial charge in [0.1, 0.15) is 18.1 Å². The first-order valence-electron chi connectivity index (χ1n) is 5.29. The van der Waals surface area contributed by atoms with Gasteiger partial charge in [-0.05, 0) is 12.5 Å². The number of ketones is 1. The second-order valence-electron chi connectivity index (χ2n) is 3.57. The highest BCUT2D eigenvalue weighted by Crippen LogP contribution is 2.20. The van der Waals surface area contributed by atoms with E-state index in [9.17, 15) is 18.4 Å². The van der Waals surface area contributed by atoms with Crippen molar-refractivity contribution in [3.8, 4) is 0 Å². The smallest absolute Gasteiger partial charge is 0.313 e. The van der Waals surface area contributed by atoms with Crippen LogP contribution in [0.15, 0.2) is 12.1 Å². The van der Waals surface area contributed by atoms with Crippen molar-refractivity contribution < 1.29 is 23.1 Å². The molecule has 0 heterocycles. The van der Waals surface area contributed by atoms with Crippen molar-refractivity contribution in [3.63, 3.8) is 0 Å². The highest BCUT2D eigenvalue weighted by atomic mass is 35.5. The number of halogens is 3. The van der Waals surface area contributed by atoms with Crippen LogP contribution < -0.4 is 0 Å². The van der Waals surface area contributed by atoms with E-state index in [0.717, 1.165) is 6.07 Å². The quantitative estimate of drug-likeness (QED) is 0.359. The number of Topliss-reactive ketones (excluding diaryl/α,β-unsaturated/α-hetero) is 1. The van der Waals surface area contributed by atoms with E-state index in [2.05, 4.69) is 4.74 Å². The zero-order chi connectivity index (χ0) is 13.7. The molecule has 0 bridgehead atoms. The number of hydrogen-bond donors (Lipinski definition) is 0. The second-order valence-corrected chi connectivity index (χ2v) is 3.97. The molecule has 0 saturated carbocycles. The topological polar surface area (TPSA) is 43.4 Å². The van der Waals surface area contributed by atoms with Gasteiger partial charge in [-0.3, -0.25) is 9.59 Å². The maximum atomic E-state index is 13.3. The highest BCUT2D eigenvalue weighted by molar-refractivity contribution is 6.31. The maximum absolute atomic E-state index is 13.3. The molecular weight excluding hydrogens is 266 g/mol. The van der Waals surface area contributed by atoms with E-state index in [-0.39, 0.29) is 11.6 Å². The molecule has 0 aliphatic rings. The molecule has 0 saturated heterocycles. The summed E-state index contributed by atoms with van der Waals surface area (Å²) in [4.78, 5) is 22.8. The average Bonchev–Trinajstić information content (AvgIpc) is 2.31. The summed E-state index contributed by atoms with van der Waals surface area (Å²) in [6.45, 7) is 1.99. The summed E-state index contributed by atoms with van der Waals surface area (Å²) in [6, 6.07) is 1.37. The number of rotatable bonds is 5. The van der Waals surface area contributed by atoms with Crippen molar-refractivity contribution in [2.75, 3.05) is 6.61 Å². The van der Waals surface area contributed by atoms with Gasteiger partial charge in [-0.15, -0.1) is 0 Å². The lowest BCUT2D eigenvalue weighted by Gasteiger charge is -2.05. The normalized spacial score (nSPS) is 10.2. The fourth-order valence-electron chi connectivity index (χ4n) is 1.23. The average molecular weight is 277 g/mol. The first kappa shape index (κ1) is 14.6. The summed E-state index contributed by atoms with van der Waals surface area (Å²) in [5, 5.41) is -0.373. The third-order valence-electron chi connectivity index (χ3n) is 2.08.